The molecular weight excluding hydrogens is 426 g/mol. The molecule has 0 spiro atoms. The Bertz CT molecular complexity index is 1050. The molecule has 0 bridgehead atoms. The van der Waals surface area contributed by atoms with Gasteiger partial charge in [0.15, 0.2) is 0 Å². The number of anilines is 1. The van der Waals surface area contributed by atoms with E-state index in [1.807, 2.05) is 36.7 Å². The molecule has 1 aliphatic rings. The van der Waals surface area contributed by atoms with Crippen LogP contribution >= 0.6 is 24.8 Å². The second kappa shape index (κ2) is 9.77. The third-order valence-corrected chi connectivity index (χ3v) is 5.67. The number of carbonyl (C=O) groups is 1. The van der Waals surface area contributed by atoms with E-state index in [1.165, 1.54) is 12.1 Å². The number of fused-ring (bicyclic) bond motifs is 1. The van der Waals surface area contributed by atoms with Crippen LogP contribution in [0.5, 0.6) is 0 Å². The largest absolute Gasteiger partial charge is 0.328 e. The first-order chi connectivity index (χ1) is 13.4. The fraction of sp³-hybridized carbons (Fsp3) is 0.364. The molecule has 1 saturated carbocycles. The molecule has 0 radical (unpaired) electrons. The van der Waals surface area contributed by atoms with Gasteiger partial charge in [-0.25, -0.2) is 9.37 Å². The van der Waals surface area contributed by atoms with E-state index in [0.29, 0.717) is 5.52 Å². The van der Waals surface area contributed by atoms with Crippen molar-refractivity contribution in [3.63, 3.8) is 0 Å². The highest BCUT2D eigenvalue weighted by Crippen LogP contribution is 2.29. The van der Waals surface area contributed by atoms with Gasteiger partial charge in [0.25, 0.3) is 0 Å². The number of imidazole rings is 1. The quantitative estimate of drug-likeness (QED) is 0.587. The zero-order valence-electron chi connectivity index (χ0n) is 17.0. The summed E-state index contributed by atoms with van der Waals surface area (Å²) in [5, 5.41) is 3.06. The Morgan fingerprint density at radius 2 is 1.97 bits per heavy atom. The van der Waals surface area contributed by atoms with Crippen LogP contribution in [-0.4, -0.2) is 21.5 Å². The molecule has 2 aromatic carbocycles. The zero-order chi connectivity index (χ0) is 19.8. The highest BCUT2D eigenvalue weighted by molar-refractivity contribution is 5.93. The Morgan fingerprint density at radius 3 is 2.67 bits per heavy atom. The molecule has 5 nitrogen and oxygen atoms in total. The summed E-state index contributed by atoms with van der Waals surface area (Å²) in [6.45, 7) is 1.97. The van der Waals surface area contributed by atoms with E-state index < -0.39 is 0 Å². The predicted molar refractivity (Wildman–Crippen MR) is 124 cm³/mol. The fourth-order valence-corrected chi connectivity index (χ4v) is 4.07. The molecule has 2 atom stereocenters. The Kier molecular flexibility index (Phi) is 7.86. The number of nitrogens with two attached hydrogens (primary N) is 1. The summed E-state index contributed by atoms with van der Waals surface area (Å²) in [7, 11) is 1.92. The molecule has 1 aliphatic carbocycles. The average Bonchev–Trinajstić information content (AvgIpc) is 2.99. The maximum Gasteiger partial charge on any atom is 0.227 e. The van der Waals surface area contributed by atoms with Gasteiger partial charge >= 0.3 is 0 Å². The Labute approximate surface area is 188 Å². The standard InChI is InChI=1S/C22H25FN4O.2ClH/c1-13-10-14(21-25-19-12-16(23)7-9-20(19)27(21)2)6-8-18(13)26-22(28)15-4-3-5-17(24)11-15;;/h6-10,12,15,17H,3-5,11,24H2,1-2H3,(H,26,28);2*1H. The van der Waals surface area contributed by atoms with Crippen molar-refractivity contribution in [1.29, 1.82) is 0 Å². The molecule has 0 saturated heterocycles. The SMILES string of the molecule is Cc1cc(-c2nc3cc(F)ccc3n2C)ccc1NC(=O)C1CCCC(N)C1.Cl.Cl. The number of aromatic nitrogens is 2. The number of hydrogen-bond acceptors (Lipinski definition) is 3. The van der Waals surface area contributed by atoms with Crippen molar-refractivity contribution in [3.05, 3.63) is 47.8 Å². The van der Waals surface area contributed by atoms with Crippen molar-refractivity contribution in [2.24, 2.45) is 18.7 Å². The molecule has 1 amide bonds. The number of benzene rings is 2. The number of rotatable bonds is 3. The minimum atomic E-state index is -0.297. The molecule has 1 aromatic heterocycles. The summed E-state index contributed by atoms with van der Waals surface area (Å²) in [6, 6.07) is 10.6. The molecule has 4 rings (SSSR count). The molecule has 3 aromatic rings. The van der Waals surface area contributed by atoms with Gasteiger partial charge in [0.2, 0.25) is 5.91 Å². The van der Waals surface area contributed by atoms with Crippen LogP contribution in [0.4, 0.5) is 10.1 Å². The number of nitrogens with one attached hydrogen (secondary N) is 1. The molecule has 2 unspecified atom stereocenters. The van der Waals surface area contributed by atoms with Crippen molar-refractivity contribution in [3.8, 4) is 11.4 Å². The minimum absolute atomic E-state index is 0. The summed E-state index contributed by atoms with van der Waals surface area (Å²) >= 11 is 0. The third-order valence-electron chi connectivity index (χ3n) is 5.67. The molecule has 1 fully saturated rings. The van der Waals surface area contributed by atoms with E-state index in [4.69, 9.17) is 5.73 Å². The lowest BCUT2D eigenvalue weighted by Crippen LogP contribution is -2.34. The van der Waals surface area contributed by atoms with Crippen LogP contribution in [0.3, 0.4) is 0 Å². The molecule has 8 heteroatoms. The molecule has 30 heavy (non-hydrogen) atoms. The maximum absolute atomic E-state index is 13.5. The summed E-state index contributed by atoms with van der Waals surface area (Å²) in [5.41, 5.74) is 10.2. The summed E-state index contributed by atoms with van der Waals surface area (Å²) in [6.07, 6.45) is 3.65. The van der Waals surface area contributed by atoms with Crippen LogP contribution in [0.2, 0.25) is 0 Å². The number of aryl methyl sites for hydroxylation is 2. The van der Waals surface area contributed by atoms with Crippen LogP contribution in [-0.2, 0) is 11.8 Å². The van der Waals surface area contributed by atoms with E-state index in [0.717, 1.165) is 53.8 Å². The van der Waals surface area contributed by atoms with Crippen molar-refractivity contribution in [2.75, 3.05) is 5.32 Å². The van der Waals surface area contributed by atoms with Gasteiger partial charge in [-0.3, -0.25) is 4.79 Å². The smallest absolute Gasteiger partial charge is 0.227 e. The first-order valence-corrected chi connectivity index (χ1v) is 9.72. The monoisotopic (exact) mass is 452 g/mol. The molecule has 162 valence electrons. The number of amides is 1. The Balaban J connectivity index is 0.00000160. The first-order valence-electron chi connectivity index (χ1n) is 9.72. The van der Waals surface area contributed by atoms with E-state index in [2.05, 4.69) is 10.3 Å². The lowest BCUT2D eigenvalue weighted by atomic mass is 9.85. The number of hydrogen-bond donors (Lipinski definition) is 2. The van der Waals surface area contributed by atoms with Gasteiger partial charge in [-0.2, -0.15) is 0 Å². The molecule has 3 N–H and O–H groups in total. The first kappa shape index (κ1) is 24.1. The Morgan fingerprint density at radius 1 is 1.20 bits per heavy atom. The third kappa shape index (κ3) is 4.77. The Hall–Kier alpha value is -2.15. The normalized spacial score (nSPS) is 18.4. The van der Waals surface area contributed by atoms with Gasteiger partial charge in [0.05, 0.1) is 11.0 Å². The van der Waals surface area contributed by atoms with Crippen LogP contribution in [0.25, 0.3) is 22.4 Å². The zero-order valence-corrected chi connectivity index (χ0v) is 18.7. The van der Waals surface area contributed by atoms with Crippen molar-refractivity contribution in [2.45, 2.75) is 38.6 Å². The van der Waals surface area contributed by atoms with Crippen molar-refractivity contribution < 1.29 is 9.18 Å². The number of carbonyl (C=O) groups excluding carboxylic acids is 1. The van der Waals surface area contributed by atoms with Crippen molar-refractivity contribution >= 4 is 47.4 Å². The highest BCUT2D eigenvalue weighted by Gasteiger charge is 2.25. The second-order valence-electron chi connectivity index (χ2n) is 7.77. The van der Waals surface area contributed by atoms with E-state index in [9.17, 15) is 9.18 Å². The van der Waals surface area contributed by atoms with Crippen LogP contribution in [0, 0.1) is 18.7 Å². The van der Waals surface area contributed by atoms with E-state index in [-0.39, 0.29) is 48.5 Å². The predicted octanol–water partition coefficient (Wildman–Crippen LogP) is 4.99. The van der Waals surface area contributed by atoms with Gasteiger partial charge in [0.1, 0.15) is 11.6 Å². The number of nitrogens with zero attached hydrogens (tertiary/aromatic N) is 2. The second-order valence-corrected chi connectivity index (χ2v) is 7.77. The van der Waals surface area contributed by atoms with Crippen molar-refractivity contribution in [1.82, 2.24) is 9.55 Å². The van der Waals surface area contributed by atoms with Crippen LogP contribution < -0.4 is 11.1 Å². The van der Waals surface area contributed by atoms with Gasteiger partial charge in [-0.05, 0) is 62.1 Å². The van der Waals surface area contributed by atoms with Gasteiger partial charge in [0, 0.05) is 36.3 Å². The van der Waals surface area contributed by atoms with Gasteiger partial charge in [-0.15, -0.1) is 24.8 Å². The summed E-state index contributed by atoms with van der Waals surface area (Å²) in [5.74, 6) is 0.496. The summed E-state index contributed by atoms with van der Waals surface area (Å²) in [4.78, 5) is 17.2. The fourth-order valence-electron chi connectivity index (χ4n) is 4.07. The van der Waals surface area contributed by atoms with Crippen LogP contribution in [0.15, 0.2) is 36.4 Å². The van der Waals surface area contributed by atoms with E-state index >= 15 is 0 Å². The highest BCUT2D eigenvalue weighted by atomic mass is 35.5. The minimum Gasteiger partial charge on any atom is -0.328 e. The molecule has 0 aliphatic heterocycles. The topological polar surface area (TPSA) is 72.9 Å². The lowest BCUT2D eigenvalue weighted by molar-refractivity contribution is -0.120. The van der Waals surface area contributed by atoms with Gasteiger partial charge < -0.3 is 15.6 Å². The summed E-state index contributed by atoms with van der Waals surface area (Å²) < 4.78 is 15.4. The molecule has 1 heterocycles. The van der Waals surface area contributed by atoms with Gasteiger partial charge in [-0.1, -0.05) is 6.42 Å². The lowest BCUT2D eigenvalue weighted by Gasteiger charge is -2.26. The maximum atomic E-state index is 13.5. The average molecular weight is 453 g/mol. The number of halogens is 3. The van der Waals surface area contributed by atoms with E-state index in [1.54, 1.807) is 6.07 Å². The van der Waals surface area contributed by atoms with Crippen LogP contribution in [0.1, 0.15) is 31.2 Å². The molecular formula is C22H27Cl2FN4O.